The molecule has 3 heterocycles. The van der Waals surface area contributed by atoms with Crippen LogP contribution in [0.2, 0.25) is 0 Å². The van der Waals surface area contributed by atoms with E-state index in [-0.39, 0.29) is 17.4 Å². The fraction of sp³-hybridized carbons (Fsp3) is 0.478. The van der Waals surface area contributed by atoms with Crippen molar-refractivity contribution in [3.63, 3.8) is 0 Å². The molecule has 1 aliphatic rings. The summed E-state index contributed by atoms with van der Waals surface area (Å²) in [5.41, 5.74) is 4.29. The summed E-state index contributed by atoms with van der Waals surface area (Å²) < 4.78 is 13.6. The zero-order valence-electron chi connectivity index (χ0n) is 19.4. The number of hydrogen-bond donors (Lipinski definition) is 2. The van der Waals surface area contributed by atoms with Crippen LogP contribution in [0.3, 0.4) is 0 Å². The second-order valence-electron chi connectivity index (χ2n) is 9.50. The Morgan fingerprint density at radius 2 is 2.00 bits per heavy atom. The Hall–Kier alpha value is -3.36. The number of rotatable bonds is 6. The number of fused-ring (bicyclic) bond motifs is 3. The highest BCUT2D eigenvalue weighted by Crippen LogP contribution is 2.43. The topological polar surface area (TPSA) is 107 Å². The molecule has 0 saturated carbocycles. The molecular weight excluding hydrogens is 408 g/mol. The molecule has 1 aromatic carbocycles. The van der Waals surface area contributed by atoms with Crippen LogP contribution in [0.25, 0.3) is 22.6 Å². The number of amides is 1. The SMILES string of the molecule is COc1cc2c(cc1OC(C)C)-c1c(-c3nn[nH]n3)cc(C(=O)NCC(C)(C)C)n1CC2. The molecule has 9 heteroatoms. The Bertz CT molecular complexity index is 1130. The van der Waals surface area contributed by atoms with Crippen molar-refractivity contribution in [1.29, 1.82) is 0 Å². The van der Waals surface area contributed by atoms with E-state index in [1.54, 1.807) is 7.11 Å². The molecule has 2 N–H and O–H groups in total. The quantitative estimate of drug-likeness (QED) is 0.610. The molecule has 1 amide bonds. The van der Waals surface area contributed by atoms with Gasteiger partial charge in [0.2, 0.25) is 5.82 Å². The van der Waals surface area contributed by atoms with E-state index in [4.69, 9.17) is 9.47 Å². The molecular formula is C23H30N6O3. The minimum atomic E-state index is -0.119. The van der Waals surface area contributed by atoms with Gasteiger partial charge in [0, 0.05) is 24.2 Å². The summed E-state index contributed by atoms with van der Waals surface area (Å²) in [5, 5.41) is 17.7. The van der Waals surface area contributed by atoms with Crippen LogP contribution in [0.15, 0.2) is 18.2 Å². The van der Waals surface area contributed by atoms with E-state index >= 15 is 0 Å². The number of aromatic nitrogens is 5. The van der Waals surface area contributed by atoms with Crippen LogP contribution in [0, 0.1) is 5.41 Å². The summed E-state index contributed by atoms with van der Waals surface area (Å²) in [6, 6.07) is 5.85. The van der Waals surface area contributed by atoms with Gasteiger partial charge in [0.25, 0.3) is 5.91 Å². The molecule has 0 atom stereocenters. The van der Waals surface area contributed by atoms with Crippen LogP contribution in [-0.2, 0) is 13.0 Å². The van der Waals surface area contributed by atoms with Crippen molar-refractivity contribution in [1.82, 2.24) is 30.5 Å². The van der Waals surface area contributed by atoms with E-state index in [1.807, 2.05) is 36.6 Å². The van der Waals surface area contributed by atoms with E-state index < -0.39 is 0 Å². The molecule has 0 unspecified atom stereocenters. The number of aryl methyl sites for hydroxylation is 1. The summed E-state index contributed by atoms with van der Waals surface area (Å²) in [6.45, 7) is 11.5. The Balaban J connectivity index is 1.86. The van der Waals surface area contributed by atoms with Crippen LogP contribution in [0.1, 0.15) is 50.7 Å². The van der Waals surface area contributed by atoms with Crippen molar-refractivity contribution >= 4 is 5.91 Å². The zero-order chi connectivity index (χ0) is 23.0. The molecule has 0 bridgehead atoms. The van der Waals surface area contributed by atoms with Gasteiger partial charge >= 0.3 is 0 Å². The lowest BCUT2D eigenvalue weighted by molar-refractivity contribution is 0.0930. The van der Waals surface area contributed by atoms with Crippen molar-refractivity contribution in [3.05, 3.63) is 29.5 Å². The summed E-state index contributed by atoms with van der Waals surface area (Å²) in [4.78, 5) is 13.1. The largest absolute Gasteiger partial charge is 0.493 e. The van der Waals surface area contributed by atoms with Crippen LogP contribution in [0.4, 0.5) is 0 Å². The van der Waals surface area contributed by atoms with Gasteiger partial charge in [-0.05, 0) is 54.7 Å². The highest BCUT2D eigenvalue weighted by Gasteiger charge is 2.30. The number of nitrogens with zero attached hydrogens (tertiary/aromatic N) is 4. The first-order chi connectivity index (χ1) is 15.2. The number of benzene rings is 1. The fourth-order valence-electron chi connectivity index (χ4n) is 3.91. The van der Waals surface area contributed by atoms with Crippen molar-refractivity contribution in [2.75, 3.05) is 13.7 Å². The first kappa shape index (κ1) is 21.9. The lowest BCUT2D eigenvalue weighted by Crippen LogP contribution is -2.33. The van der Waals surface area contributed by atoms with Gasteiger partial charge in [-0.25, -0.2) is 0 Å². The summed E-state index contributed by atoms with van der Waals surface area (Å²) in [5.74, 6) is 1.68. The highest BCUT2D eigenvalue weighted by atomic mass is 16.5. The maximum atomic E-state index is 13.1. The van der Waals surface area contributed by atoms with E-state index in [9.17, 15) is 4.79 Å². The third-order valence-electron chi connectivity index (χ3n) is 5.31. The standard InChI is InChI=1S/C23H30N6O3/c1-13(2)32-19-11-15-14(9-18(19)31-6)7-8-29-17(22(30)24-12-23(3,4)5)10-16(20(15)29)21-25-27-28-26-21/h9-11,13H,7-8,12H2,1-6H3,(H,24,30)(H,25,26,27,28). The maximum Gasteiger partial charge on any atom is 0.267 e. The molecule has 170 valence electrons. The Morgan fingerprint density at radius 1 is 1.22 bits per heavy atom. The zero-order valence-corrected chi connectivity index (χ0v) is 19.4. The molecule has 9 nitrogen and oxygen atoms in total. The number of aromatic amines is 1. The fourth-order valence-corrected chi connectivity index (χ4v) is 3.91. The van der Waals surface area contributed by atoms with Crippen LogP contribution in [-0.4, -0.2) is 50.9 Å². The number of methoxy groups -OCH3 is 1. The number of ether oxygens (including phenoxy) is 2. The van der Waals surface area contributed by atoms with E-state index in [0.717, 1.165) is 28.8 Å². The number of carbonyl (C=O) groups is 1. The number of carbonyl (C=O) groups excluding carboxylic acids is 1. The van der Waals surface area contributed by atoms with Crippen molar-refractivity contribution in [2.45, 2.75) is 53.7 Å². The summed E-state index contributed by atoms with van der Waals surface area (Å²) in [6.07, 6.45) is 0.758. The lowest BCUT2D eigenvalue weighted by atomic mass is 9.95. The van der Waals surface area contributed by atoms with E-state index in [1.165, 1.54) is 0 Å². The van der Waals surface area contributed by atoms with Gasteiger partial charge in [0.05, 0.1) is 18.9 Å². The van der Waals surface area contributed by atoms with Gasteiger partial charge in [-0.3, -0.25) is 4.79 Å². The Labute approximate surface area is 187 Å². The van der Waals surface area contributed by atoms with Crippen LogP contribution >= 0.6 is 0 Å². The molecule has 0 aliphatic carbocycles. The molecule has 0 saturated heterocycles. The van der Waals surface area contributed by atoms with Crippen LogP contribution < -0.4 is 14.8 Å². The molecule has 0 radical (unpaired) electrons. The van der Waals surface area contributed by atoms with Gasteiger partial charge in [-0.1, -0.05) is 20.8 Å². The van der Waals surface area contributed by atoms with Gasteiger partial charge in [-0.15, -0.1) is 10.2 Å². The third-order valence-corrected chi connectivity index (χ3v) is 5.31. The predicted molar refractivity (Wildman–Crippen MR) is 121 cm³/mol. The monoisotopic (exact) mass is 438 g/mol. The van der Waals surface area contributed by atoms with Crippen molar-refractivity contribution < 1.29 is 14.3 Å². The average Bonchev–Trinajstić information content (AvgIpc) is 3.38. The summed E-state index contributed by atoms with van der Waals surface area (Å²) >= 11 is 0. The molecule has 3 aromatic rings. The first-order valence-electron chi connectivity index (χ1n) is 10.8. The third kappa shape index (κ3) is 4.19. The Morgan fingerprint density at radius 3 is 2.62 bits per heavy atom. The van der Waals surface area contributed by atoms with Crippen molar-refractivity contribution in [2.24, 2.45) is 5.41 Å². The normalized spacial score (nSPS) is 13.0. The second-order valence-corrected chi connectivity index (χ2v) is 9.50. The summed E-state index contributed by atoms with van der Waals surface area (Å²) in [7, 11) is 1.64. The van der Waals surface area contributed by atoms with Gasteiger partial charge in [0.1, 0.15) is 5.69 Å². The van der Waals surface area contributed by atoms with E-state index in [0.29, 0.717) is 36.1 Å². The maximum absolute atomic E-state index is 13.1. The van der Waals surface area contributed by atoms with Crippen LogP contribution in [0.5, 0.6) is 11.5 Å². The smallest absolute Gasteiger partial charge is 0.267 e. The van der Waals surface area contributed by atoms with Gasteiger partial charge in [-0.2, -0.15) is 5.21 Å². The molecule has 0 fully saturated rings. The second kappa shape index (κ2) is 8.29. The van der Waals surface area contributed by atoms with Crippen molar-refractivity contribution in [3.8, 4) is 34.1 Å². The highest BCUT2D eigenvalue weighted by molar-refractivity contribution is 5.98. The first-order valence-corrected chi connectivity index (χ1v) is 10.8. The molecule has 1 aliphatic heterocycles. The van der Waals surface area contributed by atoms with Gasteiger partial charge < -0.3 is 19.4 Å². The molecule has 32 heavy (non-hydrogen) atoms. The number of tetrazole rings is 1. The van der Waals surface area contributed by atoms with Gasteiger partial charge in [0.15, 0.2) is 11.5 Å². The average molecular weight is 439 g/mol. The molecule has 0 spiro atoms. The minimum Gasteiger partial charge on any atom is -0.493 e. The minimum absolute atomic E-state index is 0.00672. The number of H-pyrrole nitrogens is 1. The number of nitrogens with one attached hydrogen (secondary N) is 2. The predicted octanol–water partition coefficient (Wildman–Crippen LogP) is 3.46. The Kier molecular flexibility index (Phi) is 5.66. The molecule has 4 rings (SSSR count). The molecule has 2 aromatic heterocycles. The lowest BCUT2D eigenvalue weighted by Gasteiger charge is -2.25. The van der Waals surface area contributed by atoms with E-state index in [2.05, 4.69) is 46.7 Å². The number of hydrogen-bond acceptors (Lipinski definition) is 6.